The van der Waals surface area contributed by atoms with Gasteiger partial charge in [-0.25, -0.2) is 0 Å². The van der Waals surface area contributed by atoms with Crippen LogP contribution >= 0.6 is 11.3 Å². The molecule has 2 N–H and O–H groups in total. The molecule has 7 heteroatoms. The van der Waals surface area contributed by atoms with E-state index in [1.807, 2.05) is 29.0 Å². The first kappa shape index (κ1) is 15.3. The summed E-state index contributed by atoms with van der Waals surface area (Å²) in [6.45, 7) is 0.404. The van der Waals surface area contributed by atoms with Gasteiger partial charge in [0.2, 0.25) is 0 Å². The number of amides is 1. The van der Waals surface area contributed by atoms with Gasteiger partial charge in [0.1, 0.15) is 5.69 Å². The first-order valence-electron chi connectivity index (χ1n) is 7.64. The van der Waals surface area contributed by atoms with E-state index in [0.29, 0.717) is 23.7 Å². The number of furan rings is 1. The molecule has 0 radical (unpaired) electrons. The second kappa shape index (κ2) is 6.74. The van der Waals surface area contributed by atoms with E-state index in [1.165, 1.54) is 0 Å². The van der Waals surface area contributed by atoms with Crippen LogP contribution in [0.3, 0.4) is 0 Å². The molecule has 4 aromatic heterocycles. The fourth-order valence-corrected chi connectivity index (χ4v) is 3.07. The summed E-state index contributed by atoms with van der Waals surface area (Å²) in [4.78, 5) is 16.6. The van der Waals surface area contributed by atoms with Crippen LogP contribution in [-0.2, 0) is 6.54 Å². The van der Waals surface area contributed by atoms with E-state index in [0.717, 1.165) is 16.8 Å². The van der Waals surface area contributed by atoms with Gasteiger partial charge in [-0.2, -0.15) is 16.4 Å². The Labute approximate surface area is 147 Å². The SMILES string of the molecule is O=C(NCc1ccnc(-c2ccsc2)c1)c1cc(-c2ccco2)[nH]n1. The maximum absolute atomic E-state index is 12.3. The molecule has 4 aromatic rings. The molecule has 4 heterocycles. The molecule has 4 rings (SSSR count). The van der Waals surface area contributed by atoms with Gasteiger partial charge in [0.25, 0.3) is 5.91 Å². The van der Waals surface area contributed by atoms with Crippen molar-refractivity contribution < 1.29 is 9.21 Å². The second-order valence-corrected chi connectivity index (χ2v) is 6.17. The Morgan fingerprint density at radius 1 is 1.28 bits per heavy atom. The highest BCUT2D eigenvalue weighted by Crippen LogP contribution is 2.21. The lowest BCUT2D eigenvalue weighted by Crippen LogP contribution is -2.23. The van der Waals surface area contributed by atoms with E-state index >= 15 is 0 Å². The lowest BCUT2D eigenvalue weighted by atomic mass is 10.1. The normalized spacial score (nSPS) is 10.7. The zero-order valence-electron chi connectivity index (χ0n) is 13.1. The zero-order chi connectivity index (χ0) is 17.1. The van der Waals surface area contributed by atoms with Crippen molar-refractivity contribution in [2.24, 2.45) is 0 Å². The van der Waals surface area contributed by atoms with E-state index in [-0.39, 0.29) is 5.91 Å². The van der Waals surface area contributed by atoms with Crippen LogP contribution in [0.25, 0.3) is 22.7 Å². The number of H-pyrrole nitrogens is 1. The number of nitrogens with one attached hydrogen (secondary N) is 2. The third-order valence-corrected chi connectivity index (χ3v) is 4.37. The highest BCUT2D eigenvalue weighted by Gasteiger charge is 2.12. The van der Waals surface area contributed by atoms with Crippen molar-refractivity contribution >= 4 is 17.2 Å². The standard InChI is InChI=1S/C18H14N4O2S/c23-18(16-9-15(21-22-16)17-2-1-6-24-17)20-10-12-3-5-19-14(8-12)13-4-7-25-11-13/h1-9,11H,10H2,(H,20,23)(H,21,22). The number of rotatable bonds is 5. The molecule has 1 amide bonds. The third kappa shape index (κ3) is 3.36. The fourth-order valence-electron chi connectivity index (χ4n) is 2.42. The summed E-state index contributed by atoms with van der Waals surface area (Å²) in [5.41, 5.74) is 3.94. The van der Waals surface area contributed by atoms with Crippen molar-refractivity contribution in [1.29, 1.82) is 0 Å². The molecule has 0 saturated carbocycles. The van der Waals surface area contributed by atoms with Gasteiger partial charge in [0, 0.05) is 29.8 Å². The average Bonchev–Trinajstić information content (AvgIpc) is 3.41. The van der Waals surface area contributed by atoms with Gasteiger partial charge in [0.15, 0.2) is 11.5 Å². The Kier molecular flexibility index (Phi) is 4.14. The summed E-state index contributed by atoms with van der Waals surface area (Å²) >= 11 is 1.63. The Hall–Kier alpha value is -3.19. The van der Waals surface area contributed by atoms with Crippen LogP contribution in [-0.4, -0.2) is 21.1 Å². The maximum atomic E-state index is 12.3. The molecule has 0 aromatic carbocycles. The number of pyridine rings is 1. The highest BCUT2D eigenvalue weighted by molar-refractivity contribution is 7.08. The van der Waals surface area contributed by atoms with E-state index in [1.54, 1.807) is 42.0 Å². The van der Waals surface area contributed by atoms with Gasteiger partial charge < -0.3 is 9.73 Å². The van der Waals surface area contributed by atoms with Gasteiger partial charge in [-0.15, -0.1) is 0 Å². The number of aromatic amines is 1. The smallest absolute Gasteiger partial charge is 0.272 e. The van der Waals surface area contributed by atoms with Crippen molar-refractivity contribution in [2.75, 3.05) is 0 Å². The number of hydrogen-bond donors (Lipinski definition) is 2. The molecule has 0 unspecified atom stereocenters. The van der Waals surface area contributed by atoms with Crippen LogP contribution < -0.4 is 5.32 Å². The van der Waals surface area contributed by atoms with Gasteiger partial charge in [-0.3, -0.25) is 14.9 Å². The lowest BCUT2D eigenvalue weighted by molar-refractivity contribution is 0.0946. The largest absolute Gasteiger partial charge is 0.463 e. The summed E-state index contributed by atoms with van der Waals surface area (Å²) in [5, 5.41) is 13.8. The Bertz CT molecular complexity index is 974. The number of aromatic nitrogens is 3. The predicted molar refractivity (Wildman–Crippen MR) is 95.0 cm³/mol. The molecule has 0 aliphatic heterocycles. The molecule has 124 valence electrons. The van der Waals surface area contributed by atoms with Gasteiger partial charge in [0.05, 0.1) is 12.0 Å². The molecule has 6 nitrogen and oxygen atoms in total. The van der Waals surface area contributed by atoms with Crippen LogP contribution in [0.1, 0.15) is 16.1 Å². The number of carbonyl (C=O) groups is 1. The molecule has 0 aliphatic rings. The number of carbonyl (C=O) groups excluding carboxylic acids is 1. The van der Waals surface area contributed by atoms with Crippen LogP contribution in [0.4, 0.5) is 0 Å². The summed E-state index contributed by atoms with van der Waals surface area (Å²) < 4.78 is 5.28. The summed E-state index contributed by atoms with van der Waals surface area (Å²) in [5.74, 6) is 0.393. The summed E-state index contributed by atoms with van der Waals surface area (Å²) in [6, 6.07) is 11.1. The molecule has 0 saturated heterocycles. The molecule has 0 aliphatic carbocycles. The molecule has 0 bridgehead atoms. The number of nitrogens with zero attached hydrogens (tertiary/aromatic N) is 2. The topological polar surface area (TPSA) is 83.8 Å². The minimum atomic E-state index is -0.247. The fraction of sp³-hybridized carbons (Fsp3) is 0.0556. The minimum Gasteiger partial charge on any atom is -0.463 e. The Morgan fingerprint density at radius 2 is 2.24 bits per heavy atom. The first-order chi connectivity index (χ1) is 12.3. The van der Waals surface area contributed by atoms with Gasteiger partial charge in [-0.05, 0) is 41.3 Å². The summed E-state index contributed by atoms with van der Waals surface area (Å²) in [6.07, 6.45) is 3.32. The van der Waals surface area contributed by atoms with Crippen molar-refractivity contribution in [1.82, 2.24) is 20.5 Å². The van der Waals surface area contributed by atoms with Gasteiger partial charge in [-0.1, -0.05) is 0 Å². The molecule has 25 heavy (non-hydrogen) atoms. The van der Waals surface area contributed by atoms with Crippen LogP contribution in [0, 0.1) is 0 Å². The first-order valence-corrected chi connectivity index (χ1v) is 8.59. The van der Waals surface area contributed by atoms with Crippen molar-refractivity contribution in [3.8, 4) is 22.7 Å². The van der Waals surface area contributed by atoms with Crippen molar-refractivity contribution in [3.63, 3.8) is 0 Å². The van der Waals surface area contributed by atoms with Crippen molar-refractivity contribution in [2.45, 2.75) is 6.54 Å². The average molecular weight is 350 g/mol. The molecular formula is C18H14N4O2S. The monoisotopic (exact) mass is 350 g/mol. The Morgan fingerprint density at radius 3 is 3.04 bits per heavy atom. The summed E-state index contributed by atoms with van der Waals surface area (Å²) in [7, 11) is 0. The van der Waals surface area contributed by atoms with E-state index in [4.69, 9.17) is 4.42 Å². The van der Waals surface area contributed by atoms with E-state index < -0.39 is 0 Å². The molecule has 0 fully saturated rings. The third-order valence-electron chi connectivity index (χ3n) is 3.69. The van der Waals surface area contributed by atoms with E-state index in [9.17, 15) is 4.79 Å². The predicted octanol–water partition coefficient (Wildman–Crippen LogP) is 3.72. The minimum absolute atomic E-state index is 0.247. The number of hydrogen-bond acceptors (Lipinski definition) is 5. The van der Waals surface area contributed by atoms with Crippen LogP contribution in [0.2, 0.25) is 0 Å². The molecule has 0 spiro atoms. The van der Waals surface area contributed by atoms with Crippen molar-refractivity contribution in [3.05, 3.63) is 70.9 Å². The molecule has 0 atom stereocenters. The van der Waals surface area contributed by atoms with Gasteiger partial charge >= 0.3 is 0 Å². The van der Waals surface area contributed by atoms with Crippen LogP contribution in [0.5, 0.6) is 0 Å². The van der Waals surface area contributed by atoms with Crippen LogP contribution in [0.15, 0.2) is 64.0 Å². The highest BCUT2D eigenvalue weighted by atomic mass is 32.1. The molecular weight excluding hydrogens is 336 g/mol. The number of thiophene rings is 1. The maximum Gasteiger partial charge on any atom is 0.272 e. The quantitative estimate of drug-likeness (QED) is 0.574. The lowest BCUT2D eigenvalue weighted by Gasteiger charge is -2.05. The van der Waals surface area contributed by atoms with E-state index in [2.05, 4.69) is 20.5 Å². The Balaban J connectivity index is 1.43. The zero-order valence-corrected chi connectivity index (χ0v) is 13.9. The second-order valence-electron chi connectivity index (χ2n) is 5.39.